The van der Waals surface area contributed by atoms with Crippen LogP contribution < -0.4 is 5.32 Å². The molecule has 1 aromatic heterocycles. The molecule has 0 radical (unpaired) electrons. The molecule has 3 aromatic carbocycles. The van der Waals surface area contributed by atoms with Crippen molar-refractivity contribution in [2.75, 3.05) is 11.1 Å². The van der Waals surface area contributed by atoms with Gasteiger partial charge in [0, 0.05) is 23.4 Å². The highest BCUT2D eigenvalue weighted by Crippen LogP contribution is 2.27. The quantitative estimate of drug-likeness (QED) is 0.213. The molecule has 0 fully saturated rings. The van der Waals surface area contributed by atoms with Gasteiger partial charge in [0.25, 0.3) is 5.69 Å². The Morgan fingerprint density at radius 2 is 1.65 bits per heavy atom. The Labute approximate surface area is 201 Å². The largest absolute Gasteiger partial charge is 0.325 e. The number of aryl methyl sites for hydroxylation is 2. The number of nitrogens with one attached hydrogen (secondary N) is 1. The Morgan fingerprint density at radius 1 is 0.971 bits per heavy atom. The number of thioether (sulfide) groups is 1. The predicted octanol–water partition coefficient (Wildman–Crippen LogP) is 5.25. The van der Waals surface area contributed by atoms with Crippen LogP contribution in [0, 0.1) is 24.0 Å². The molecule has 1 N–H and O–H groups in total. The number of aromatic nitrogens is 3. The molecule has 172 valence electrons. The van der Waals surface area contributed by atoms with Crippen LogP contribution in [0.3, 0.4) is 0 Å². The molecule has 4 aromatic rings. The van der Waals surface area contributed by atoms with Gasteiger partial charge in [-0.2, -0.15) is 0 Å². The lowest BCUT2D eigenvalue weighted by atomic mass is 10.1. The van der Waals surface area contributed by atoms with Crippen molar-refractivity contribution in [2.24, 2.45) is 0 Å². The Balaban J connectivity index is 1.58. The van der Waals surface area contributed by atoms with Crippen LogP contribution >= 0.6 is 11.8 Å². The van der Waals surface area contributed by atoms with Gasteiger partial charge >= 0.3 is 0 Å². The minimum Gasteiger partial charge on any atom is -0.325 e. The summed E-state index contributed by atoms with van der Waals surface area (Å²) in [5.74, 6) is 0.617. The second-order valence-corrected chi connectivity index (χ2v) is 8.73. The highest BCUT2D eigenvalue weighted by molar-refractivity contribution is 7.99. The zero-order chi connectivity index (χ0) is 24.1. The van der Waals surface area contributed by atoms with Crippen LogP contribution in [0.4, 0.5) is 11.4 Å². The van der Waals surface area contributed by atoms with Crippen LogP contribution in [0.25, 0.3) is 11.4 Å². The van der Waals surface area contributed by atoms with E-state index in [-0.39, 0.29) is 17.3 Å². The summed E-state index contributed by atoms with van der Waals surface area (Å²) in [6.07, 6.45) is 0. The second kappa shape index (κ2) is 10.3. The minimum absolute atomic E-state index is 0.00985. The van der Waals surface area contributed by atoms with E-state index < -0.39 is 4.92 Å². The van der Waals surface area contributed by atoms with E-state index in [1.165, 1.54) is 23.9 Å². The summed E-state index contributed by atoms with van der Waals surface area (Å²) in [4.78, 5) is 23.3. The fraction of sp³-hybridized carbons (Fsp3) is 0.160. The van der Waals surface area contributed by atoms with E-state index in [4.69, 9.17) is 0 Å². The maximum absolute atomic E-state index is 12.7. The molecule has 4 rings (SSSR count). The van der Waals surface area contributed by atoms with Crippen molar-refractivity contribution in [3.05, 3.63) is 99.6 Å². The summed E-state index contributed by atoms with van der Waals surface area (Å²) < 4.78 is 1.92. The van der Waals surface area contributed by atoms with Gasteiger partial charge in [0.15, 0.2) is 11.0 Å². The van der Waals surface area contributed by atoms with Gasteiger partial charge in [0.1, 0.15) is 0 Å². The number of amides is 1. The minimum atomic E-state index is -0.436. The number of hydrogen-bond donors (Lipinski definition) is 1. The van der Waals surface area contributed by atoms with Crippen LogP contribution in [0.15, 0.2) is 78.0 Å². The maximum atomic E-state index is 12.7. The van der Waals surface area contributed by atoms with Gasteiger partial charge in [-0.05, 0) is 42.7 Å². The first-order valence-electron chi connectivity index (χ1n) is 10.6. The van der Waals surface area contributed by atoms with E-state index in [9.17, 15) is 14.9 Å². The summed E-state index contributed by atoms with van der Waals surface area (Å²) in [6, 6.07) is 21.9. The lowest BCUT2D eigenvalue weighted by Gasteiger charge is -2.12. The first-order chi connectivity index (χ1) is 16.4. The van der Waals surface area contributed by atoms with E-state index in [2.05, 4.69) is 15.5 Å². The zero-order valence-corrected chi connectivity index (χ0v) is 19.6. The Morgan fingerprint density at radius 3 is 2.29 bits per heavy atom. The number of benzene rings is 3. The molecule has 1 heterocycles. The molecule has 0 saturated carbocycles. The number of nitro groups is 1. The standard InChI is InChI=1S/C25H23N5O3S/c1-17-7-6-8-18(2)23(17)26-22(31)16-34-25-28-27-24(20-11-13-21(14-12-20)30(32)33)29(25)15-19-9-4-3-5-10-19/h3-14H,15-16H2,1-2H3,(H,26,31). The van der Waals surface area contributed by atoms with E-state index in [1.807, 2.05) is 66.9 Å². The van der Waals surface area contributed by atoms with Crippen molar-refractivity contribution >= 4 is 29.0 Å². The van der Waals surface area contributed by atoms with Crippen LogP contribution in [-0.4, -0.2) is 31.3 Å². The van der Waals surface area contributed by atoms with E-state index >= 15 is 0 Å². The molecule has 0 aliphatic heterocycles. The lowest BCUT2D eigenvalue weighted by Crippen LogP contribution is -2.16. The molecule has 0 atom stereocenters. The molecular weight excluding hydrogens is 450 g/mol. The number of carbonyl (C=O) groups is 1. The summed E-state index contributed by atoms with van der Waals surface area (Å²) in [7, 11) is 0. The number of carbonyl (C=O) groups excluding carboxylic acids is 1. The fourth-order valence-electron chi connectivity index (χ4n) is 3.57. The van der Waals surface area contributed by atoms with Crippen LogP contribution in [0.5, 0.6) is 0 Å². The fourth-order valence-corrected chi connectivity index (χ4v) is 4.30. The van der Waals surface area contributed by atoms with Gasteiger partial charge < -0.3 is 5.32 Å². The third-order valence-electron chi connectivity index (χ3n) is 5.31. The number of nitrogens with zero attached hydrogens (tertiary/aromatic N) is 4. The third kappa shape index (κ3) is 5.32. The first-order valence-corrected chi connectivity index (χ1v) is 11.6. The van der Waals surface area contributed by atoms with Crippen LogP contribution in [-0.2, 0) is 11.3 Å². The monoisotopic (exact) mass is 473 g/mol. The molecule has 9 heteroatoms. The zero-order valence-electron chi connectivity index (χ0n) is 18.8. The van der Waals surface area contributed by atoms with Crippen molar-refractivity contribution in [2.45, 2.75) is 25.5 Å². The summed E-state index contributed by atoms with van der Waals surface area (Å²) >= 11 is 1.30. The van der Waals surface area contributed by atoms with Crippen LogP contribution in [0.1, 0.15) is 16.7 Å². The topological polar surface area (TPSA) is 103 Å². The Kier molecular flexibility index (Phi) is 7.03. The second-order valence-electron chi connectivity index (χ2n) is 7.79. The molecule has 0 unspecified atom stereocenters. The van der Waals surface area contributed by atoms with Crippen LogP contribution in [0.2, 0.25) is 0 Å². The Bertz CT molecular complexity index is 1300. The first kappa shape index (κ1) is 23.2. The van der Waals surface area contributed by atoms with Gasteiger partial charge in [-0.25, -0.2) is 0 Å². The highest BCUT2D eigenvalue weighted by atomic mass is 32.2. The number of anilines is 1. The van der Waals surface area contributed by atoms with Gasteiger partial charge in [0.05, 0.1) is 17.2 Å². The number of rotatable bonds is 8. The predicted molar refractivity (Wildman–Crippen MR) is 133 cm³/mol. The van der Waals surface area contributed by atoms with Crippen molar-refractivity contribution in [1.82, 2.24) is 14.8 Å². The number of hydrogen-bond acceptors (Lipinski definition) is 6. The number of para-hydroxylation sites is 1. The highest BCUT2D eigenvalue weighted by Gasteiger charge is 2.18. The molecule has 1 amide bonds. The van der Waals surface area contributed by atoms with Crippen molar-refractivity contribution < 1.29 is 9.72 Å². The van der Waals surface area contributed by atoms with Gasteiger partial charge in [-0.1, -0.05) is 60.3 Å². The normalized spacial score (nSPS) is 10.8. The molecular formula is C25H23N5O3S. The SMILES string of the molecule is Cc1cccc(C)c1NC(=O)CSc1nnc(-c2ccc([N+](=O)[O-])cc2)n1Cc1ccccc1. The smallest absolute Gasteiger partial charge is 0.269 e. The van der Waals surface area contributed by atoms with Crippen molar-refractivity contribution in [1.29, 1.82) is 0 Å². The van der Waals surface area contributed by atoms with E-state index in [0.29, 0.717) is 23.1 Å². The third-order valence-corrected chi connectivity index (χ3v) is 6.28. The van der Waals surface area contributed by atoms with E-state index in [1.54, 1.807) is 12.1 Å². The summed E-state index contributed by atoms with van der Waals surface area (Å²) in [5, 5.41) is 23.3. The van der Waals surface area contributed by atoms with Gasteiger partial charge in [-0.15, -0.1) is 10.2 Å². The molecule has 34 heavy (non-hydrogen) atoms. The molecule has 0 bridgehead atoms. The molecule has 0 saturated heterocycles. The summed E-state index contributed by atoms with van der Waals surface area (Å²) in [5.41, 5.74) is 4.60. The number of nitro benzene ring substituents is 1. The lowest BCUT2D eigenvalue weighted by molar-refractivity contribution is -0.384. The molecule has 8 nitrogen and oxygen atoms in total. The maximum Gasteiger partial charge on any atom is 0.269 e. The average molecular weight is 474 g/mol. The van der Waals surface area contributed by atoms with Crippen molar-refractivity contribution in [3.63, 3.8) is 0 Å². The average Bonchev–Trinajstić information content (AvgIpc) is 3.23. The van der Waals surface area contributed by atoms with Crippen molar-refractivity contribution in [3.8, 4) is 11.4 Å². The number of non-ortho nitro benzene ring substituents is 1. The van der Waals surface area contributed by atoms with Gasteiger partial charge in [-0.3, -0.25) is 19.5 Å². The molecule has 0 aliphatic carbocycles. The Hall–Kier alpha value is -3.98. The molecule has 0 aliphatic rings. The van der Waals surface area contributed by atoms with Gasteiger partial charge in [0.2, 0.25) is 5.91 Å². The molecule has 0 spiro atoms. The summed E-state index contributed by atoms with van der Waals surface area (Å²) in [6.45, 7) is 4.42. The van der Waals surface area contributed by atoms with E-state index in [0.717, 1.165) is 22.4 Å².